The Hall–Kier alpha value is -2.19. The van der Waals surface area contributed by atoms with Gasteiger partial charge in [-0.25, -0.2) is 0 Å². The molecule has 2 N–H and O–H groups in total. The molecule has 6 atom stereocenters. The summed E-state index contributed by atoms with van der Waals surface area (Å²) in [5.41, 5.74) is 9.79. The fourth-order valence-electron chi connectivity index (χ4n) is 4.20. The maximum absolute atomic E-state index is 6.76. The summed E-state index contributed by atoms with van der Waals surface area (Å²) >= 11 is 1.62. The van der Waals surface area contributed by atoms with Gasteiger partial charge in [0.25, 0.3) is 0 Å². The molecule has 5 rings (SSSR count). The minimum absolute atomic E-state index is 0.256. The van der Waals surface area contributed by atoms with Crippen molar-refractivity contribution in [3.8, 4) is 0 Å². The lowest BCUT2D eigenvalue weighted by Crippen LogP contribution is -2.64. The lowest BCUT2D eigenvalue weighted by Gasteiger charge is -2.48. The molecule has 0 radical (unpaired) electrons. The second-order valence-corrected chi connectivity index (χ2v) is 9.66. The number of rotatable bonds is 6. The van der Waals surface area contributed by atoms with Gasteiger partial charge in [-0.3, -0.25) is 0 Å². The molecule has 2 fully saturated rings. The Morgan fingerprint density at radius 3 is 2.33 bits per heavy atom. The summed E-state index contributed by atoms with van der Waals surface area (Å²) in [6, 6.07) is 28.1. The van der Waals surface area contributed by atoms with Crippen LogP contribution in [0.5, 0.6) is 0 Å². The van der Waals surface area contributed by atoms with E-state index in [0.29, 0.717) is 13.2 Å². The van der Waals surface area contributed by atoms with Crippen LogP contribution in [-0.2, 0) is 25.6 Å². The van der Waals surface area contributed by atoms with Gasteiger partial charge >= 0.3 is 0 Å². The van der Waals surface area contributed by atoms with Gasteiger partial charge in [0.05, 0.1) is 19.3 Å². The Bertz CT molecular complexity index is 1020. The number of fused-ring (bicyclic) bond motifs is 1. The molecule has 0 spiro atoms. The fraction of sp³-hybridized carbons (Fsp3) is 0.333. The van der Waals surface area contributed by atoms with E-state index in [9.17, 15) is 0 Å². The first-order valence-corrected chi connectivity index (χ1v) is 12.2. The normalized spacial score (nSPS) is 29.4. The van der Waals surface area contributed by atoms with E-state index in [1.54, 1.807) is 11.8 Å². The van der Waals surface area contributed by atoms with E-state index in [2.05, 4.69) is 43.3 Å². The van der Waals surface area contributed by atoms with Gasteiger partial charge in [-0.05, 0) is 24.6 Å². The van der Waals surface area contributed by atoms with E-state index < -0.39 is 6.29 Å². The summed E-state index contributed by atoms with van der Waals surface area (Å²) < 4.78 is 25.3. The minimum Gasteiger partial charge on any atom is -0.369 e. The predicted molar refractivity (Wildman–Crippen MR) is 129 cm³/mol. The van der Waals surface area contributed by atoms with Crippen LogP contribution in [-0.4, -0.2) is 36.4 Å². The van der Waals surface area contributed by atoms with Gasteiger partial charge in [0.15, 0.2) is 6.29 Å². The smallest absolute Gasteiger partial charge is 0.184 e. The number of thioether (sulfide) groups is 1. The minimum atomic E-state index is -0.465. The average Bonchev–Trinajstić information content (AvgIpc) is 2.86. The van der Waals surface area contributed by atoms with Crippen LogP contribution in [0.1, 0.15) is 23.0 Å². The highest BCUT2D eigenvalue weighted by Crippen LogP contribution is 2.39. The molecule has 3 aromatic carbocycles. The Kier molecular flexibility index (Phi) is 7.11. The van der Waals surface area contributed by atoms with Crippen molar-refractivity contribution in [2.24, 2.45) is 5.73 Å². The standard InChI is InChI=1S/C27H29NO4S/c1-18-12-14-21(15-13-18)33-27-23(28)25(29-16-19-8-4-2-5-9-19)24-22(31-27)17-30-26(32-24)20-10-6-3-7-11-20/h2-15,22-27H,16-17,28H2,1H3/t22-,23-,24-,25-,26?,27+/m1/s1. The van der Waals surface area contributed by atoms with Gasteiger partial charge in [0.1, 0.15) is 23.7 Å². The number of hydrogen-bond donors (Lipinski definition) is 1. The van der Waals surface area contributed by atoms with E-state index in [1.807, 2.05) is 48.5 Å². The largest absolute Gasteiger partial charge is 0.369 e. The van der Waals surface area contributed by atoms with Crippen molar-refractivity contribution in [3.63, 3.8) is 0 Å². The van der Waals surface area contributed by atoms with E-state index in [1.165, 1.54) is 5.56 Å². The third-order valence-electron chi connectivity index (χ3n) is 6.02. The molecule has 6 heteroatoms. The van der Waals surface area contributed by atoms with Gasteiger partial charge in [-0.1, -0.05) is 90.1 Å². The van der Waals surface area contributed by atoms with Gasteiger partial charge in [0.2, 0.25) is 0 Å². The molecule has 33 heavy (non-hydrogen) atoms. The predicted octanol–water partition coefficient (Wildman–Crippen LogP) is 4.84. The third kappa shape index (κ3) is 5.32. The highest BCUT2D eigenvalue weighted by Gasteiger charge is 2.49. The van der Waals surface area contributed by atoms with Crippen molar-refractivity contribution in [2.45, 2.75) is 54.5 Å². The van der Waals surface area contributed by atoms with Gasteiger partial charge < -0.3 is 24.7 Å². The Balaban J connectivity index is 1.36. The van der Waals surface area contributed by atoms with Crippen LogP contribution in [0, 0.1) is 6.92 Å². The van der Waals surface area contributed by atoms with Crippen LogP contribution < -0.4 is 5.73 Å². The monoisotopic (exact) mass is 463 g/mol. The Morgan fingerprint density at radius 2 is 1.61 bits per heavy atom. The molecule has 172 valence electrons. The molecule has 0 aliphatic carbocycles. The summed E-state index contributed by atoms with van der Waals surface area (Å²) in [5.74, 6) is 0. The first kappa shape index (κ1) is 22.6. The first-order valence-electron chi connectivity index (χ1n) is 11.3. The number of nitrogens with two attached hydrogens (primary N) is 1. The number of benzene rings is 3. The fourth-order valence-corrected chi connectivity index (χ4v) is 5.28. The molecule has 0 saturated carbocycles. The zero-order valence-corrected chi connectivity index (χ0v) is 19.4. The number of aryl methyl sites for hydroxylation is 1. The lowest BCUT2D eigenvalue weighted by molar-refractivity contribution is -0.311. The second kappa shape index (κ2) is 10.4. The maximum Gasteiger partial charge on any atom is 0.184 e. The van der Waals surface area contributed by atoms with Crippen molar-refractivity contribution in [1.82, 2.24) is 0 Å². The molecule has 0 aromatic heterocycles. The molecule has 2 aliphatic heterocycles. The zero-order chi connectivity index (χ0) is 22.6. The third-order valence-corrected chi connectivity index (χ3v) is 7.22. The Morgan fingerprint density at radius 1 is 0.909 bits per heavy atom. The van der Waals surface area contributed by atoms with Gasteiger partial charge in [-0.2, -0.15) is 0 Å². The van der Waals surface area contributed by atoms with Crippen LogP contribution in [0.15, 0.2) is 89.8 Å². The quantitative estimate of drug-likeness (QED) is 0.565. The molecular formula is C27H29NO4S. The highest BCUT2D eigenvalue weighted by molar-refractivity contribution is 7.99. The van der Waals surface area contributed by atoms with Crippen LogP contribution in [0.2, 0.25) is 0 Å². The summed E-state index contributed by atoms with van der Waals surface area (Å²) in [5, 5.41) is 0. The molecule has 1 unspecified atom stereocenters. The van der Waals surface area contributed by atoms with Crippen molar-refractivity contribution in [3.05, 3.63) is 102 Å². The highest BCUT2D eigenvalue weighted by atomic mass is 32.2. The molecule has 3 aromatic rings. The van der Waals surface area contributed by atoms with E-state index >= 15 is 0 Å². The number of ether oxygens (including phenoxy) is 4. The molecule has 2 aliphatic rings. The lowest BCUT2D eigenvalue weighted by atomic mass is 9.97. The van der Waals surface area contributed by atoms with E-state index in [0.717, 1.165) is 16.0 Å². The van der Waals surface area contributed by atoms with Crippen molar-refractivity contribution in [1.29, 1.82) is 0 Å². The summed E-state index contributed by atoms with van der Waals surface area (Å²) in [6.07, 6.45) is -1.37. The van der Waals surface area contributed by atoms with Gasteiger partial charge in [0, 0.05) is 10.5 Å². The van der Waals surface area contributed by atoms with Crippen molar-refractivity contribution in [2.75, 3.05) is 6.61 Å². The van der Waals surface area contributed by atoms with Gasteiger partial charge in [-0.15, -0.1) is 0 Å². The molecule has 2 heterocycles. The summed E-state index contributed by atoms with van der Waals surface area (Å²) in [7, 11) is 0. The maximum atomic E-state index is 6.76. The molecule has 0 amide bonds. The summed E-state index contributed by atoms with van der Waals surface area (Å²) in [4.78, 5) is 1.11. The molecule has 2 saturated heterocycles. The topological polar surface area (TPSA) is 62.9 Å². The van der Waals surface area contributed by atoms with Crippen molar-refractivity contribution >= 4 is 11.8 Å². The van der Waals surface area contributed by atoms with Crippen LogP contribution >= 0.6 is 11.8 Å². The average molecular weight is 464 g/mol. The van der Waals surface area contributed by atoms with Crippen molar-refractivity contribution < 1.29 is 18.9 Å². The molecular weight excluding hydrogens is 434 g/mol. The Labute approximate surface area is 199 Å². The van der Waals surface area contributed by atoms with Crippen LogP contribution in [0.3, 0.4) is 0 Å². The first-order chi connectivity index (χ1) is 16.2. The second-order valence-electron chi connectivity index (χ2n) is 8.49. The van der Waals surface area contributed by atoms with E-state index in [4.69, 9.17) is 24.7 Å². The SMILES string of the molecule is Cc1ccc(S[C@@H]2O[C@@H]3COC(c4ccccc4)O[C@H]3[C@H](OCc3ccccc3)[C@H]2N)cc1. The molecule has 0 bridgehead atoms. The zero-order valence-electron chi connectivity index (χ0n) is 18.6. The summed E-state index contributed by atoms with van der Waals surface area (Å²) in [6.45, 7) is 2.97. The van der Waals surface area contributed by atoms with Crippen LogP contribution in [0.4, 0.5) is 0 Å². The van der Waals surface area contributed by atoms with E-state index in [-0.39, 0.29) is 29.8 Å². The molecule has 5 nitrogen and oxygen atoms in total. The van der Waals surface area contributed by atoms with Crippen LogP contribution in [0.25, 0.3) is 0 Å². The number of hydrogen-bond acceptors (Lipinski definition) is 6.